The van der Waals surface area contributed by atoms with Crippen LogP contribution in [0.2, 0.25) is 0 Å². The summed E-state index contributed by atoms with van der Waals surface area (Å²) < 4.78 is 27.0. The van der Waals surface area contributed by atoms with E-state index in [0.29, 0.717) is 49.0 Å². The first kappa shape index (κ1) is 24.0. The number of benzene rings is 2. The fourth-order valence-electron chi connectivity index (χ4n) is 4.56. The molecule has 0 bridgehead atoms. The van der Waals surface area contributed by atoms with Gasteiger partial charge in [0, 0.05) is 43.7 Å². The zero-order chi connectivity index (χ0) is 24.4. The maximum absolute atomic E-state index is 13.1. The predicted octanol–water partition coefficient (Wildman–Crippen LogP) is 3.49. The molecule has 35 heavy (non-hydrogen) atoms. The highest BCUT2D eigenvalue weighted by molar-refractivity contribution is 7.89. The van der Waals surface area contributed by atoms with Crippen molar-refractivity contribution < 1.29 is 18.0 Å². The lowest BCUT2D eigenvalue weighted by molar-refractivity contribution is -0.132. The lowest BCUT2D eigenvalue weighted by Crippen LogP contribution is -2.32. The van der Waals surface area contributed by atoms with Gasteiger partial charge >= 0.3 is 0 Å². The van der Waals surface area contributed by atoms with E-state index in [1.54, 1.807) is 16.4 Å². The van der Waals surface area contributed by atoms with Gasteiger partial charge in [-0.05, 0) is 80.3 Å². The van der Waals surface area contributed by atoms with Crippen LogP contribution in [0.4, 0.5) is 0 Å². The number of aryl methyl sites for hydroxylation is 1. The largest absolute Gasteiger partial charge is 0.349 e. The van der Waals surface area contributed by atoms with E-state index in [-0.39, 0.29) is 17.9 Å². The van der Waals surface area contributed by atoms with E-state index in [9.17, 15) is 18.0 Å². The third-order valence-corrected chi connectivity index (χ3v) is 8.96. The van der Waals surface area contributed by atoms with Crippen molar-refractivity contribution in [2.75, 3.05) is 13.1 Å². The molecule has 8 heteroatoms. The van der Waals surface area contributed by atoms with Gasteiger partial charge in [0.15, 0.2) is 0 Å². The van der Waals surface area contributed by atoms with Gasteiger partial charge in [0.1, 0.15) is 0 Å². The molecule has 1 aliphatic heterocycles. The van der Waals surface area contributed by atoms with Gasteiger partial charge in [-0.15, -0.1) is 0 Å². The van der Waals surface area contributed by atoms with Crippen molar-refractivity contribution in [3.8, 4) is 0 Å². The molecule has 1 heterocycles. The second-order valence-electron chi connectivity index (χ2n) is 9.95. The van der Waals surface area contributed by atoms with Crippen LogP contribution in [0, 0.1) is 0 Å². The van der Waals surface area contributed by atoms with Crippen molar-refractivity contribution in [3.05, 3.63) is 65.2 Å². The average molecular weight is 496 g/mol. The van der Waals surface area contributed by atoms with Gasteiger partial charge in [-0.25, -0.2) is 8.42 Å². The smallest absolute Gasteiger partial charge is 0.251 e. The van der Waals surface area contributed by atoms with Crippen LogP contribution in [0.1, 0.15) is 66.4 Å². The Balaban J connectivity index is 1.16. The summed E-state index contributed by atoms with van der Waals surface area (Å²) in [5.41, 5.74) is 2.63. The first-order chi connectivity index (χ1) is 16.9. The molecule has 0 radical (unpaired) electrons. The number of carbonyl (C=O) groups excluding carboxylic acids is 2. The Labute approximate surface area is 207 Å². The van der Waals surface area contributed by atoms with Crippen LogP contribution < -0.4 is 5.32 Å². The van der Waals surface area contributed by atoms with Crippen LogP contribution in [-0.2, 0) is 27.8 Å². The molecule has 3 fully saturated rings. The minimum Gasteiger partial charge on any atom is -0.349 e. The summed E-state index contributed by atoms with van der Waals surface area (Å²) in [7, 11) is -3.42. The molecule has 2 aliphatic carbocycles. The van der Waals surface area contributed by atoms with Gasteiger partial charge in [-0.2, -0.15) is 4.31 Å². The van der Waals surface area contributed by atoms with Gasteiger partial charge in [0.25, 0.3) is 5.91 Å². The highest BCUT2D eigenvalue weighted by Crippen LogP contribution is 2.29. The van der Waals surface area contributed by atoms with Crippen LogP contribution >= 0.6 is 0 Å². The van der Waals surface area contributed by atoms with Crippen LogP contribution in [0.15, 0.2) is 53.4 Å². The molecule has 2 aromatic carbocycles. The van der Waals surface area contributed by atoms with Crippen LogP contribution in [0.25, 0.3) is 0 Å². The predicted molar refractivity (Wildman–Crippen MR) is 133 cm³/mol. The number of amides is 2. The molecule has 2 amide bonds. The highest BCUT2D eigenvalue weighted by atomic mass is 32.2. The number of nitrogens with zero attached hydrogens (tertiary/aromatic N) is 2. The fourth-order valence-corrected chi connectivity index (χ4v) is 6.08. The summed E-state index contributed by atoms with van der Waals surface area (Å²) >= 11 is 0. The Bertz CT molecular complexity index is 1160. The van der Waals surface area contributed by atoms with Crippen LogP contribution in [-0.4, -0.2) is 54.6 Å². The van der Waals surface area contributed by atoms with Gasteiger partial charge in [-0.1, -0.05) is 24.3 Å². The van der Waals surface area contributed by atoms with E-state index in [4.69, 9.17) is 0 Å². The summed E-state index contributed by atoms with van der Waals surface area (Å²) in [6, 6.07) is 15.1. The summed E-state index contributed by atoms with van der Waals surface area (Å²) in [6.07, 6.45) is 6.96. The average Bonchev–Trinajstić information content (AvgIpc) is 3.81. The normalized spacial score (nSPS) is 18.4. The number of hydrogen-bond acceptors (Lipinski definition) is 4. The zero-order valence-electron chi connectivity index (χ0n) is 20.0. The summed E-state index contributed by atoms with van der Waals surface area (Å²) in [4.78, 5) is 27.5. The molecule has 7 nitrogen and oxygen atoms in total. The monoisotopic (exact) mass is 495 g/mol. The van der Waals surface area contributed by atoms with E-state index in [1.165, 1.54) is 0 Å². The summed E-state index contributed by atoms with van der Waals surface area (Å²) in [6.45, 7) is 1.72. The van der Waals surface area contributed by atoms with E-state index >= 15 is 0 Å². The number of carbonyl (C=O) groups is 2. The molecule has 0 atom stereocenters. The first-order valence-corrected chi connectivity index (χ1v) is 14.1. The first-order valence-electron chi connectivity index (χ1n) is 12.7. The molecule has 186 valence electrons. The van der Waals surface area contributed by atoms with E-state index in [1.807, 2.05) is 41.3 Å². The Morgan fingerprint density at radius 3 is 2.11 bits per heavy atom. The lowest BCUT2D eigenvalue weighted by atomic mass is 10.1. The van der Waals surface area contributed by atoms with Gasteiger partial charge in [-0.3, -0.25) is 9.59 Å². The Morgan fingerprint density at radius 1 is 0.886 bits per heavy atom. The molecular formula is C27H33N3O4S. The molecular weight excluding hydrogens is 462 g/mol. The van der Waals surface area contributed by atoms with Crippen molar-refractivity contribution in [2.24, 2.45) is 0 Å². The second-order valence-corrected chi connectivity index (χ2v) is 11.9. The number of sulfonamides is 1. The lowest BCUT2D eigenvalue weighted by Gasteiger charge is -2.23. The van der Waals surface area contributed by atoms with E-state index in [0.717, 1.165) is 49.7 Å². The zero-order valence-corrected chi connectivity index (χ0v) is 20.8. The van der Waals surface area contributed by atoms with Gasteiger partial charge < -0.3 is 10.2 Å². The van der Waals surface area contributed by atoms with Crippen molar-refractivity contribution in [2.45, 2.75) is 74.9 Å². The van der Waals surface area contributed by atoms with Crippen LogP contribution in [0.3, 0.4) is 0 Å². The topological polar surface area (TPSA) is 86.8 Å². The van der Waals surface area contributed by atoms with Crippen molar-refractivity contribution in [1.29, 1.82) is 0 Å². The number of hydrogen-bond donors (Lipinski definition) is 1. The maximum atomic E-state index is 13.1. The molecule has 5 rings (SSSR count). The summed E-state index contributed by atoms with van der Waals surface area (Å²) in [5.74, 6) is 0.0743. The van der Waals surface area contributed by atoms with Crippen molar-refractivity contribution in [3.63, 3.8) is 0 Å². The fraction of sp³-hybridized carbons (Fsp3) is 0.481. The van der Waals surface area contributed by atoms with Gasteiger partial charge in [0.2, 0.25) is 15.9 Å². The molecule has 1 saturated heterocycles. The number of nitrogens with one attached hydrogen (secondary N) is 1. The molecule has 0 spiro atoms. The molecule has 2 saturated carbocycles. The standard InChI is InChI=1S/C27H33N3O4S/c31-26(16-7-20-5-14-25(15-6-20)35(33,34)29-17-1-2-18-29)30(24-12-13-24)19-21-3-8-22(9-4-21)27(32)28-23-10-11-23/h3-6,8-9,14-15,23-24H,1-2,7,10-13,16-19H2,(H,28,32). The Hall–Kier alpha value is -2.71. The van der Waals surface area contributed by atoms with Crippen molar-refractivity contribution in [1.82, 2.24) is 14.5 Å². The van der Waals surface area contributed by atoms with Crippen LogP contribution in [0.5, 0.6) is 0 Å². The quantitative estimate of drug-likeness (QED) is 0.547. The maximum Gasteiger partial charge on any atom is 0.251 e. The van der Waals surface area contributed by atoms with Gasteiger partial charge in [0.05, 0.1) is 4.90 Å². The van der Waals surface area contributed by atoms with E-state index in [2.05, 4.69) is 5.32 Å². The molecule has 0 unspecified atom stereocenters. The Morgan fingerprint density at radius 2 is 1.51 bits per heavy atom. The third-order valence-electron chi connectivity index (χ3n) is 7.04. The SMILES string of the molecule is O=C(NC1CC1)c1ccc(CN(C(=O)CCc2ccc(S(=O)(=O)N3CCCC3)cc2)C2CC2)cc1. The molecule has 2 aromatic rings. The molecule has 1 N–H and O–H groups in total. The minimum absolute atomic E-state index is 0.0339. The Kier molecular flexibility index (Phi) is 6.93. The second kappa shape index (κ2) is 10.1. The third kappa shape index (κ3) is 5.93. The van der Waals surface area contributed by atoms with Crippen molar-refractivity contribution >= 4 is 21.8 Å². The minimum atomic E-state index is -3.42. The molecule has 0 aromatic heterocycles. The van der Waals surface area contributed by atoms with E-state index < -0.39 is 10.0 Å². The highest BCUT2D eigenvalue weighted by Gasteiger charge is 2.32. The molecule has 3 aliphatic rings. The number of rotatable bonds is 10. The summed E-state index contributed by atoms with van der Waals surface area (Å²) in [5, 5.41) is 3.00.